The van der Waals surface area contributed by atoms with Crippen molar-refractivity contribution in [1.82, 2.24) is 24.5 Å². The maximum atomic E-state index is 15.0. The van der Waals surface area contributed by atoms with Crippen molar-refractivity contribution >= 4 is 34.8 Å². The zero-order valence-corrected chi connectivity index (χ0v) is 22.9. The molecule has 3 aromatic heterocycles. The first-order valence-corrected chi connectivity index (χ1v) is 13.4. The van der Waals surface area contributed by atoms with Crippen LogP contribution in [-0.4, -0.2) is 43.6 Å². The number of nitrogens with zero attached hydrogens (tertiary/aromatic N) is 5. The van der Waals surface area contributed by atoms with Gasteiger partial charge in [-0.2, -0.15) is 0 Å². The number of hydrogen-bond donors (Lipinski definition) is 2. The van der Waals surface area contributed by atoms with Crippen LogP contribution in [0.5, 0.6) is 0 Å². The maximum Gasteiger partial charge on any atom is 0.411 e. The van der Waals surface area contributed by atoms with Crippen LogP contribution in [0.3, 0.4) is 0 Å². The first-order chi connectivity index (χ1) is 19.8. The van der Waals surface area contributed by atoms with Crippen molar-refractivity contribution in [2.24, 2.45) is 17.6 Å². The minimum atomic E-state index is -1.18. The zero-order chi connectivity index (χ0) is 29.1. The van der Waals surface area contributed by atoms with Gasteiger partial charge in [0.2, 0.25) is 5.82 Å². The first kappa shape index (κ1) is 28.1. The zero-order valence-electron chi connectivity index (χ0n) is 22.2. The van der Waals surface area contributed by atoms with E-state index in [9.17, 15) is 4.79 Å². The van der Waals surface area contributed by atoms with Crippen LogP contribution in [0.1, 0.15) is 49.0 Å². The number of pyridine rings is 1. The first-order valence-electron chi connectivity index (χ1n) is 13.0. The van der Waals surface area contributed by atoms with Crippen LogP contribution >= 0.6 is 11.6 Å². The normalized spacial score (nSPS) is 17.6. The number of methoxy groups -OCH3 is 1. The third kappa shape index (κ3) is 5.89. The molecule has 1 saturated carbocycles. The lowest BCUT2D eigenvalue weighted by atomic mass is 9.82. The Kier molecular flexibility index (Phi) is 8.23. The Bertz CT molecular complexity index is 1660. The number of amides is 1. The lowest BCUT2D eigenvalue weighted by Gasteiger charge is -2.27. The predicted octanol–water partition coefficient (Wildman–Crippen LogP) is 5.28. The number of hydrogen-bond acceptors (Lipinski definition) is 8. The summed E-state index contributed by atoms with van der Waals surface area (Å²) in [6.07, 6.45) is 10.3. The van der Waals surface area contributed by atoms with E-state index in [1.807, 2.05) is 4.57 Å². The highest BCUT2D eigenvalue weighted by molar-refractivity contribution is 6.30. The number of halogens is 2. The fourth-order valence-electron chi connectivity index (χ4n) is 5.26. The molecule has 4 aromatic rings. The Morgan fingerprint density at radius 3 is 2.66 bits per heavy atom. The molecule has 1 atom stereocenters. The van der Waals surface area contributed by atoms with E-state index in [2.05, 4.69) is 20.9 Å². The molecule has 1 aromatic carbocycles. The van der Waals surface area contributed by atoms with Crippen molar-refractivity contribution in [3.05, 3.63) is 70.8 Å². The molecule has 1 aliphatic rings. The number of nitrogens with two attached hydrogens (primary N) is 1. The van der Waals surface area contributed by atoms with E-state index >= 15 is 4.39 Å². The molecule has 1 amide bonds. The monoisotopic (exact) mass is 575 g/mol. The van der Waals surface area contributed by atoms with Gasteiger partial charge in [-0.15, -0.1) is 12.3 Å². The molecule has 1 aliphatic carbocycles. The molecule has 0 saturated heterocycles. The van der Waals surface area contributed by atoms with E-state index in [-0.39, 0.29) is 23.3 Å². The van der Waals surface area contributed by atoms with Crippen molar-refractivity contribution in [3.63, 3.8) is 0 Å². The fourth-order valence-corrected chi connectivity index (χ4v) is 5.43. The number of carbonyl (C=O) groups is 1. The van der Waals surface area contributed by atoms with Crippen molar-refractivity contribution in [2.75, 3.05) is 7.11 Å². The molecular formula is C29H27ClFN7O3. The quantitative estimate of drug-likeness (QED) is 0.173. The van der Waals surface area contributed by atoms with Gasteiger partial charge in [-0.25, -0.2) is 24.1 Å². The average molecular weight is 576 g/mol. The molecule has 0 radical (unpaired) electrons. The Balaban J connectivity index is 1.76. The summed E-state index contributed by atoms with van der Waals surface area (Å²) in [6.45, 7) is 0.510. The highest BCUT2D eigenvalue weighted by Gasteiger charge is 2.30. The summed E-state index contributed by atoms with van der Waals surface area (Å²) >= 11 is 6.28. The summed E-state index contributed by atoms with van der Waals surface area (Å²) in [5.41, 5.74) is 6.99. The van der Waals surface area contributed by atoms with Crippen LogP contribution in [-0.2, 0) is 16.0 Å². The van der Waals surface area contributed by atoms with Crippen molar-refractivity contribution in [2.45, 2.75) is 38.3 Å². The maximum absolute atomic E-state index is 15.0. The molecule has 1 fully saturated rings. The topological polar surface area (TPSA) is 142 Å². The van der Waals surface area contributed by atoms with Crippen molar-refractivity contribution < 1.29 is 18.7 Å². The molecule has 12 heteroatoms. The minimum absolute atomic E-state index is 0.188. The molecular weight excluding hydrogens is 549 g/mol. The van der Waals surface area contributed by atoms with E-state index in [4.69, 9.17) is 43.6 Å². The number of aromatic nitrogens is 5. The highest BCUT2D eigenvalue weighted by atomic mass is 35.5. The Morgan fingerprint density at radius 1 is 1.24 bits per heavy atom. The van der Waals surface area contributed by atoms with Gasteiger partial charge in [-0.05, 0) is 43.7 Å². The second-order valence-corrected chi connectivity index (χ2v) is 10.2. The molecule has 3 heterocycles. The van der Waals surface area contributed by atoms with Gasteiger partial charge in [0.05, 0.1) is 5.02 Å². The van der Waals surface area contributed by atoms with Crippen LogP contribution in [0.4, 0.5) is 9.18 Å². The molecule has 5 rings (SSSR count). The Hall–Kier alpha value is -4.40. The predicted molar refractivity (Wildman–Crippen MR) is 151 cm³/mol. The van der Waals surface area contributed by atoms with Gasteiger partial charge >= 0.3 is 6.09 Å². The summed E-state index contributed by atoms with van der Waals surface area (Å²) in [6, 6.07) is 7.99. The fraction of sp³-hybridized carbons (Fsp3) is 0.310. The number of rotatable bonds is 7. The van der Waals surface area contributed by atoms with Gasteiger partial charge in [-0.1, -0.05) is 29.8 Å². The molecule has 41 heavy (non-hydrogen) atoms. The largest absolute Gasteiger partial charge is 0.411 e. The lowest BCUT2D eigenvalue weighted by Crippen LogP contribution is -2.22. The minimum Gasteiger partial charge on any atom is -0.388 e. The third-order valence-corrected chi connectivity index (χ3v) is 7.40. The summed E-state index contributed by atoms with van der Waals surface area (Å²) in [5.74, 6) is 2.42. The molecule has 0 bridgehead atoms. The lowest BCUT2D eigenvalue weighted by molar-refractivity contribution is 0.121. The van der Waals surface area contributed by atoms with Gasteiger partial charge in [0.15, 0.2) is 5.65 Å². The molecule has 0 aliphatic heterocycles. The summed E-state index contributed by atoms with van der Waals surface area (Å²) in [5, 5.41) is 8.57. The Labute approximate surface area is 240 Å². The van der Waals surface area contributed by atoms with Gasteiger partial charge in [0.25, 0.3) is 5.90 Å². The number of carbonyl (C=O) groups excluding carboxylic acids is 1. The van der Waals surface area contributed by atoms with Crippen molar-refractivity contribution in [1.29, 1.82) is 5.41 Å². The molecule has 0 spiro atoms. The van der Waals surface area contributed by atoms with Gasteiger partial charge < -0.3 is 19.8 Å². The Morgan fingerprint density at radius 2 is 2.00 bits per heavy atom. The molecule has 3 N–H and O–H groups in total. The van der Waals surface area contributed by atoms with E-state index in [0.717, 1.165) is 25.7 Å². The SMILES string of the molecule is C#C[C@H]1CC[C@H](Cn2c(C(OC)c3ccccc3F)nc3nc(C(=N)OC(N)=O)nc(-c4cncc(Cl)c4)c32)CC1. The van der Waals surface area contributed by atoms with Crippen LogP contribution < -0.4 is 5.73 Å². The van der Waals surface area contributed by atoms with Gasteiger partial charge in [0.1, 0.15) is 29.0 Å². The second-order valence-electron chi connectivity index (χ2n) is 9.81. The smallest absolute Gasteiger partial charge is 0.388 e. The summed E-state index contributed by atoms with van der Waals surface area (Å²) in [7, 11) is 1.48. The van der Waals surface area contributed by atoms with Crippen LogP contribution in [0.2, 0.25) is 5.02 Å². The van der Waals surface area contributed by atoms with Crippen molar-refractivity contribution in [3.8, 4) is 23.6 Å². The molecule has 10 nitrogen and oxygen atoms in total. The van der Waals surface area contributed by atoms with Crippen LogP contribution in [0.15, 0.2) is 42.7 Å². The number of ether oxygens (including phenoxy) is 2. The van der Waals surface area contributed by atoms with Gasteiger partial charge in [0, 0.05) is 43.1 Å². The summed E-state index contributed by atoms with van der Waals surface area (Å²) < 4.78 is 27.6. The number of benzene rings is 1. The van der Waals surface area contributed by atoms with E-state index in [0.29, 0.717) is 39.7 Å². The van der Waals surface area contributed by atoms with Crippen LogP contribution in [0.25, 0.3) is 22.4 Å². The highest BCUT2D eigenvalue weighted by Crippen LogP contribution is 2.37. The standard InChI is InChI=1S/C29H27ClFN7O3/c1-3-16-8-10-17(11-9-16)15-38-23-22(18-12-19(30)14-34-13-18)35-27(25(32)41-29(33)39)36-26(23)37-28(38)24(40-2)20-6-4-5-7-21(20)31/h1,4-7,12-14,16-17,24,32H,8-11,15H2,2H3,(H2,33,39)/t16-,17-,24?. The number of primary amides is 1. The molecule has 210 valence electrons. The number of imidazole rings is 1. The number of terminal acetylenes is 1. The number of nitrogens with one attached hydrogen (secondary N) is 1. The molecule has 1 unspecified atom stereocenters. The van der Waals surface area contributed by atoms with Gasteiger partial charge in [-0.3, -0.25) is 10.4 Å². The van der Waals surface area contributed by atoms with Crippen LogP contribution in [0, 0.1) is 35.4 Å². The third-order valence-electron chi connectivity index (χ3n) is 7.20. The average Bonchev–Trinajstić information content (AvgIpc) is 3.31. The van der Waals surface area contributed by atoms with E-state index in [1.54, 1.807) is 30.5 Å². The summed E-state index contributed by atoms with van der Waals surface area (Å²) in [4.78, 5) is 29.4. The van der Waals surface area contributed by atoms with E-state index < -0.39 is 23.9 Å². The van der Waals surface area contributed by atoms with E-state index in [1.165, 1.54) is 19.4 Å². The number of fused-ring (bicyclic) bond motifs is 1. The second kappa shape index (κ2) is 12.0.